The van der Waals surface area contributed by atoms with E-state index < -0.39 is 15.6 Å². The molecule has 0 aromatic carbocycles. The van der Waals surface area contributed by atoms with E-state index in [1.807, 2.05) is 6.92 Å². The summed E-state index contributed by atoms with van der Waals surface area (Å²) in [5, 5.41) is 10.4. The molecule has 19 heavy (non-hydrogen) atoms. The van der Waals surface area contributed by atoms with Gasteiger partial charge in [-0.05, 0) is 38.5 Å². The highest BCUT2D eigenvalue weighted by Crippen LogP contribution is 2.33. The SMILES string of the molecule is CCOCCS(=O)(=O)NCC1(O)CCC(CC)CC1. The van der Waals surface area contributed by atoms with Gasteiger partial charge in [-0.25, -0.2) is 13.1 Å². The molecule has 0 aliphatic heterocycles. The lowest BCUT2D eigenvalue weighted by Gasteiger charge is -2.35. The maximum absolute atomic E-state index is 11.7. The number of aliphatic hydroxyl groups is 1. The number of rotatable bonds is 8. The van der Waals surface area contributed by atoms with Crippen molar-refractivity contribution in [2.24, 2.45) is 5.92 Å². The van der Waals surface area contributed by atoms with Crippen LogP contribution in [0.15, 0.2) is 0 Å². The zero-order chi connectivity index (χ0) is 14.4. The first-order valence-corrected chi connectivity index (χ1v) is 8.83. The van der Waals surface area contributed by atoms with Crippen LogP contribution in [-0.4, -0.2) is 44.6 Å². The van der Waals surface area contributed by atoms with Crippen LogP contribution in [0.3, 0.4) is 0 Å². The van der Waals surface area contributed by atoms with Gasteiger partial charge >= 0.3 is 0 Å². The number of sulfonamides is 1. The average Bonchev–Trinajstić information content (AvgIpc) is 2.38. The number of nitrogens with one attached hydrogen (secondary N) is 1. The summed E-state index contributed by atoms with van der Waals surface area (Å²) >= 11 is 0. The van der Waals surface area contributed by atoms with Crippen LogP contribution in [-0.2, 0) is 14.8 Å². The molecule has 1 aliphatic rings. The molecule has 0 aromatic rings. The number of ether oxygens (including phenoxy) is 1. The van der Waals surface area contributed by atoms with Crippen LogP contribution in [0.2, 0.25) is 0 Å². The topological polar surface area (TPSA) is 75.6 Å². The molecule has 0 heterocycles. The van der Waals surface area contributed by atoms with E-state index in [9.17, 15) is 13.5 Å². The lowest BCUT2D eigenvalue weighted by Crippen LogP contribution is -2.46. The fourth-order valence-electron chi connectivity index (χ4n) is 2.43. The summed E-state index contributed by atoms with van der Waals surface area (Å²) in [6.45, 7) is 4.82. The van der Waals surface area contributed by atoms with E-state index in [4.69, 9.17) is 4.74 Å². The fourth-order valence-corrected chi connectivity index (χ4v) is 3.40. The third kappa shape index (κ3) is 6.21. The highest BCUT2D eigenvalue weighted by molar-refractivity contribution is 7.89. The average molecular weight is 293 g/mol. The molecule has 0 spiro atoms. The Balaban J connectivity index is 2.35. The summed E-state index contributed by atoms with van der Waals surface area (Å²) in [7, 11) is -3.35. The van der Waals surface area contributed by atoms with E-state index in [-0.39, 0.29) is 18.9 Å². The van der Waals surface area contributed by atoms with E-state index in [0.29, 0.717) is 25.4 Å². The van der Waals surface area contributed by atoms with Crippen molar-refractivity contribution in [1.82, 2.24) is 4.72 Å². The third-order valence-electron chi connectivity index (χ3n) is 3.93. The monoisotopic (exact) mass is 293 g/mol. The minimum absolute atomic E-state index is 0.0471. The standard InChI is InChI=1S/C13H27NO4S/c1-3-12-5-7-13(15,8-6-12)11-14-19(16,17)10-9-18-4-2/h12,14-15H,3-11H2,1-2H3. The molecule has 0 radical (unpaired) electrons. The summed E-state index contributed by atoms with van der Waals surface area (Å²) in [6, 6.07) is 0. The molecule has 0 atom stereocenters. The minimum Gasteiger partial charge on any atom is -0.389 e. The summed E-state index contributed by atoms with van der Waals surface area (Å²) in [6.07, 6.45) is 4.45. The first kappa shape index (κ1) is 16.9. The second-order valence-electron chi connectivity index (χ2n) is 5.41. The van der Waals surface area contributed by atoms with Crippen LogP contribution in [0.25, 0.3) is 0 Å². The van der Waals surface area contributed by atoms with Crippen molar-refractivity contribution in [1.29, 1.82) is 0 Å². The smallest absolute Gasteiger partial charge is 0.213 e. The maximum atomic E-state index is 11.7. The number of hydrogen-bond acceptors (Lipinski definition) is 4. The summed E-state index contributed by atoms with van der Waals surface area (Å²) in [4.78, 5) is 0. The Labute approximate surface area is 116 Å². The van der Waals surface area contributed by atoms with Gasteiger partial charge in [-0.3, -0.25) is 0 Å². The second kappa shape index (κ2) is 7.57. The van der Waals surface area contributed by atoms with Crippen molar-refractivity contribution >= 4 is 10.0 Å². The van der Waals surface area contributed by atoms with Crippen LogP contribution in [0.4, 0.5) is 0 Å². The normalized spacial score (nSPS) is 28.5. The molecule has 0 amide bonds. The zero-order valence-electron chi connectivity index (χ0n) is 12.0. The Morgan fingerprint density at radius 1 is 1.32 bits per heavy atom. The quantitative estimate of drug-likeness (QED) is 0.661. The number of hydrogen-bond donors (Lipinski definition) is 2. The Morgan fingerprint density at radius 3 is 2.47 bits per heavy atom. The van der Waals surface area contributed by atoms with Crippen molar-refractivity contribution in [3.05, 3.63) is 0 Å². The molecule has 1 fully saturated rings. The fraction of sp³-hybridized carbons (Fsp3) is 1.00. The first-order valence-electron chi connectivity index (χ1n) is 7.18. The Morgan fingerprint density at radius 2 is 1.95 bits per heavy atom. The Hall–Kier alpha value is -0.170. The van der Waals surface area contributed by atoms with Gasteiger partial charge in [0.15, 0.2) is 0 Å². The van der Waals surface area contributed by atoms with Gasteiger partial charge in [0.1, 0.15) is 0 Å². The van der Waals surface area contributed by atoms with E-state index in [1.54, 1.807) is 0 Å². The Bertz CT molecular complexity index is 348. The van der Waals surface area contributed by atoms with Crippen LogP contribution < -0.4 is 4.72 Å². The molecule has 1 saturated carbocycles. The molecule has 114 valence electrons. The van der Waals surface area contributed by atoms with E-state index in [2.05, 4.69) is 11.6 Å². The molecular formula is C13H27NO4S. The molecule has 0 bridgehead atoms. The molecule has 5 nitrogen and oxygen atoms in total. The van der Waals surface area contributed by atoms with Crippen LogP contribution in [0.5, 0.6) is 0 Å². The maximum Gasteiger partial charge on any atom is 0.213 e. The minimum atomic E-state index is -3.35. The first-order chi connectivity index (χ1) is 8.91. The lowest BCUT2D eigenvalue weighted by molar-refractivity contribution is -0.00446. The summed E-state index contributed by atoms with van der Waals surface area (Å²) in [5.74, 6) is 0.629. The van der Waals surface area contributed by atoms with E-state index >= 15 is 0 Å². The van der Waals surface area contributed by atoms with Gasteiger partial charge in [-0.15, -0.1) is 0 Å². The van der Waals surface area contributed by atoms with Crippen molar-refractivity contribution in [3.8, 4) is 0 Å². The molecule has 2 N–H and O–H groups in total. The largest absolute Gasteiger partial charge is 0.389 e. The molecule has 1 rings (SSSR count). The van der Waals surface area contributed by atoms with Gasteiger partial charge in [0, 0.05) is 13.2 Å². The lowest BCUT2D eigenvalue weighted by atomic mass is 9.78. The van der Waals surface area contributed by atoms with E-state index in [1.165, 1.54) is 0 Å². The Kier molecular flexibility index (Phi) is 6.73. The van der Waals surface area contributed by atoms with Crippen LogP contribution in [0, 0.1) is 5.92 Å². The summed E-state index contributed by atoms with van der Waals surface area (Å²) < 4.78 is 31.0. The van der Waals surface area contributed by atoms with Gasteiger partial charge in [-0.2, -0.15) is 0 Å². The van der Waals surface area contributed by atoms with Gasteiger partial charge < -0.3 is 9.84 Å². The van der Waals surface area contributed by atoms with Crippen LogP contribution >= 0.6 is 0 Å². The van der Waals surface area contributed by atoms with Crippen molar-refractivity contribution < 1.29 is 18.3 Å². The molecule has 6 heteroatoms. The predicted octanol–water partition coefficient (Wildman–Crippen LogP) is 1.27. The van der Waals surface area contributed by atoms with Crippen molar-refractivity contribution in [2.45, 2.75) is 51.6 Å². The third-order valence-corrected chi connectivity index (χ3v) is 5.22. The van der Waals surface area contributed by atoms with Gasteiger partial charge in [0.25, 0.3) is 0 Å². The molecule has 0 unspecified atom stereocenters. The molecule has 1 aliphatic carbocycles. The summed E-state index contributed by atoms with van der Waals surface area (Å²) in [5.41, 5.74) is -0.871. The molecular weight excluding hydrogens is 266 g/mol. The second-order valence-corrected chi connectivity index (χ2v) is 7.34. The van der Waals surface area contributed by atoms with Gasteiger partial charge in [0.2, 0.25) is 10.0 Å². The highest BCUT2D eigenvalue weighted by Gasteiger charge is 2.33. The van der Waals surface area contributed by atoms with Crippen molar-refractivity contribution in [3.63, 3.8) is 0 Å². The van der Waals surface area contributed by atoms with Gasteiger partial charge in [0.05, 0.1) is 18.0 Å². The van der Waals surface area contributed by atoms with Crippen molar-refractivity contribution in [2.75, 3.05) is 25.5 Å². The molecule has 0 aromatic heterocycles. The highest BCUT2D eigenvalue weighted by atomic mass is 32.2. The van der Waals surface area contributed by atoms with Crippen LogP contribution in [0.1, 0.15) is 46.0 Å². The zero-order valence-corrected chi connectivity index (χ0v) is 12.8. The molecule has 0 saturated heterocycles. The predicted molar refractivity (Wildman–Crippen MR) is 75.5 cm³/mol. The van der Waals surface area contributed by atoms with Gasteiger partial charge in [-0.1, -0.05) is 13.3 Å². The van der Waals surface area contributed by atoms with E-state index in [0.717, 1.165) is 19.3 Å².